The molecule has 0 N–H and O–H groups in total. The lowest BCUT2D eigenvalue weighted by molar-refractivity contribution is -0.159. The van der Waals surface area contributed by atoms with Crippen LogP contribution in [0.5, 0.6) is 0 Å². The van der Waals surface area contributed by atoms with Crippen LogP contribution in [0.15, 0.2) is 0 Å². The molecular formula is C30H54O5. The van der Waals surface area contributed by atoms with Crippen molar-refractivity contribution in [2.45, 2.75) is 116 Å². The van der Waals surface area contributed by atoms with Crippen molar-refractivity contribution in [3.63, 3.8) is 0 Å². The highest BCUT2D eigenvalue weighted by atomic mass is 16.6. The molecule has 204 valence electrons. The van der Waals surface area contributed by atoms with Crippen LogP contribution in [0, 0.1) is 50.7 Å². The van der Waals surface area contributed by atoms with Crippen LogP contribution in [0.2, 0.25) is 0 Å². The Kier molecular flexibility index (Phi) is 9.52. The standard InChI is InChI=1S/C30H54O5/c1-15-34-23(31)20(18-29(11,12)28(9,10)17-16-26(3,4)5)19(2)30(13,14)22-21(27(6,7)8)24(32)35-25(22)33/h19-22H,15-18H2,1-14H3. The van der Waals surface area contributed by atoms with E-state index in [1.54, 1.807) is 0 Å². The summed E-state index contributed by atoms with van der Waals surface area (Å²) < 4.78 is 10.7. The van der Waals surface area contributed by atoms with Gasteiger partial charge in [-0.2, -0.15) is 0 Å². The van der Waals surface area contributed by atoms with Crippen molar-refractivity contribution in [3.8, 4) is 0 Å². The molecule has 0 aromatic rings. The predicted octanol–water partition coefficient (Wildman–Crippen LogP) is 7.46. The van der Waals surface area contributed by atoms with E-state index < -0.39 is 40.5 Å². The quantitative estimate of drug-likeness (QED) is 0.233. The molecule has 0 spiro atoms. The van der Waals surface area contributed by atoms with Crippen LogP contribution in [0.3, 0.4) is 0 Å². The number of cyclic esters (lactones) is 2. The molecule has 0 amide bonds. The van der Waals surface area contributed by atoms with Crippen LogP contribution in [0.4, 0.5) is 0 Å². The molecule has 0 bridgehead atoms. The molecule has 0 radical (unpaired) electrons. The van der Waals surface area contributed by atoms with E-state index in [-0.39, 0.29) is 28.1 Å². The summed E-state index contributed by atoms with van der Waals surface area (Å²) in [7, 11) is 0. The minimum Gasteiger partial charge on any atom is -0.466 e. The monoisotopic (exact) mass is 494 g/mol. The highest BCUT2D eigenvalue weighted by Gasteiger charge is 2.59. The largest absolute Gasteiger partial charge is 0.466 e. The molecule has 1 aliphatic heterocycles. The molecule has 1 saturated heterocycles. The summed E-state index contributed by atoms with van der Waals surface area (Å²) in [6.07, 6.45) is 2.79. The highest BCUT2D eigenvalue weighted by molar-refractivity contribution is 5.97. The van der Waals surface area contributed by atoms with Crippen LogP contribution in [-0.2, 0) is 23.9 Å². The Morgan fingerprint density at radius 3 is 1.74 bits per heavy atom. The molecule has 0 aromatic carbocycles. The molecule has 1 aliphatic rings. The summed E-state index contributed by atoms with van der Waals surface area (Å²) in [6, 6.07) is 0. The number of hydrogen-bond donors (Lipinski definition) is 0. The lowest BCUT2D eigenvalue weighted by Gasteiger charge is -2.48. The summed E-state index contributed by atoms with van der Waals surface area (Å²) >= 11 is 0. The van der Waals surface area contributed by atoms with Gasteiger partial charge in [0, 0.05) is 0 Å². The Balaban J connectivity index is 3.40. The lowest BCUT2D eigenvalue weighted by Crippen LogP contribution is -2.47. The normalized spacial score (nSPS) is 22.1. The van der Waals surface area contributed by atoms with Crippen molar-refractivity contribution in [2.75, 3.05) is 6.61 Å². The van der Waals surface area contributed by atoms with E-state index in [0.717, 1.165) is 12.8 Å². The molecule has 0 saturated carbocycles. The van der Waals surface area contributed by atoms with Gasteiger partial charge in [-0.1, -0.05) is 90.0 Å². The van der Waals surface area contributed by atoms with Crippen LogP contribution in [0.1, 0.15) is 116 Å². The Morgan fingerprint density at radius 1 is 0.829 bits per heavy atom. The van der Waals surface area contributed by atoms with E-state index in [9.17, 15) is 14.4 Å². The molecule has 0 aromatic heterocycles. The summed E-state index contributed by atoms with van der Waals surface area (Å²) in [5.74, 6) is -2.92. The van der Waals surface area contributed by atoms with Crippen LogP contribution in [-0.4, -0.2) is 24.5 Å². The molecule has 1 rings (SSSR count). The average molecular weight is 495 g/mol. The van der Waals surface area contributed by atoms with Crippen molar-refractivity contribution in [3.05, 3.63) is 0 Å². The Morgan fingerprint density at radius 2 is 1.31 bits per heavy atom. The topological polar surface area (TPSA) is 69.7 Å². The fourth-order valence-corrected chi connectivity index (χ4v) is 5.45. The fourth-order valence-electron chi connectivity index (χ4n) is 5.45. The first kappa shape index (κ1) is 31.6. The summed E-state index contributed by atoms with van der Waals surface area (Å²) in [6.45, 7) is 29.9. The molecule has 0 aliphatic carbocycles. The first-order chi connectivity index (χ1) is 15.5. The lowest BCUT2D eigenvalue weighted by atomic mass is 9.55. The molecular weight excluding hydrogens is 440 g/mol. The van der Waals surface area contributed by atoms with Gasteiger partial charge in [0.15, 0.2) is 0 Å². The van der Waals surface area contributed by atoms with Gasteiger partial charge < -0.3 is 9.47 Å². The van der Waals surface area contributed by atoms with Crippen LogP contribution < -0.4 is 0 Å². The second kappa shape index (κ2) is 10.5. The maximum atomic E-state index is 13.4. The number of rotatable bonds is 10. The third-order valence-corrected chi connectivity index (χ3v) is 9.21. The number of ether oxygens (including phenoxy) is 2. The summed E-state index contributed by atoms with van der Waals surface area (Å²) in [5, 5.41) is 0. The molecule has 35 heavy (non-hydrogen) atoms. The molecule has 5 heteroatoms. The van der Waals surface area contributed by atoms with Gasteiger partial charge in [-0.3, -0.25) is 14.4 Å². The van der Waals surface area contributed by atoms with E-state index in [1.165, 1.54) is 0 Å². The maximum absolute atomic E-state index is 13.4. The number of carbonyl (C=O) groups excluding carboxylic acids is 3. The van der Waals surface area contributed by atoms with Gasteiger partial charge >= 0.3 is 17.9 Å². The van der Waals surface area contributed by atoms with Gasteiger partial charge in [0.1, 0.15) is 0 Å². The highest BCUT2D eigenvalue weighted by Crippen LogP contribution is 2.54. The smallest absolute Gasteiger partial charge is 0.318 e. The zero-order valence-corrected chi connectivity index (χ0v) is 25.2. The van der Waals surface area contributed by atoms with Crippen molar-refractivity contribution >= 4 is 17.9 Å². The van der Waals surface area contributed by atoms with Crippen LogP contribution >= 0.6 is 0 Å². The minimum atomic E-state index is -0.649. The van der Waals surface area contributed by atoms with Gasteiger partial charge in [-0.25, -0.2) is 0 Å². The van der Waals surface area contributed by atoms with E-state index in [0.29, 0.717) is 13.0 Å². The molecule has 1 fully saturated rings. The van der Waals surface area contributed by atoms with E-state index in [4.69, 9.17) is 9.47 Å². The second-order valence-corrected chi connectivity index (χ2v) is 15.1. The first-order valence-electron chi connectivity index (χ1n) is 13.4. The number of esters is 3. The summed E-state index contributed by atoms with van der Waals surface area (Å²) in [5.41, 5.74) is -1.01. The van der Waals surface area contributed by atoms with Crippen molar-refractivity contribution < 1.29 is 23.9 Å². The summed E-state index contributed by atoms with van der Waals surface area (Å²) in [4.78, 5) is 39.1. The van der Waals surface area contributed by atoms with Crippen molar-refractivity contribution in [2.24, 2.45) is 50.7 Å². The minimum absolute atomic E-state index is 0.00884. The molecule has 1 heterocycles. The second-order valence-electron chi connectivity index (χ2n) is 15.1. The molecule has 5 nitrogen and oxygen atoms in total. The van der Waals surface area contributed by atoms with Gasteiger partial charge in [-0.15, -0.1) is 0 Å². The fraction of sp³-hybridized carbons (Fsp3) is 0.900. The Hall–Kier alpha value is -1.39. The van der Waals surface area contributed by atoms with Gasteiger partial charge in [0.05, 0.1) is 24.4 Å². The average Bonchev–Trinajstić information content (AvgIpc) is 2.98. The van der Waals surface area contributed by atoms with Gasteiger partial charge in [0.25, 0.3) is 0 Å². The molecule has 4 atom stereocenters. The zero-order valence-electron chi connectivity index (χ0n) is 25.2. The number of carbonyl (C=O) groups is 3. The van der Waals surface area contributed by atoms with E-state index in [2.05, 4.69) is 48.5 Å². The van der Waals surface area contributed by atoms with Crippen molar-refractivity contribution in [1.29, 1.82) is 0 Å². The van der Waals surface area contributed by atoms with Gasteiger partial charge in [0.2, 0.25) is 0 Å². The maximum Gasteiger partial charge on any atom is 0.318 e. The molecule has 4 unspecified atom stereocenters. The van der Waals surface area contributed by atoms with Crippen LogP contribution in [0.25, 0.3) is 0 Å². The zero-order chi connectivity index (χ0) is 27.8. The first-order valence-corrected chi connectivity index (χ1v) is 13.4. The SMILES string of the molecule is CCOC(=O)C(CC(C)(C)C(C)(C)CCC(C)(C)C)C(C)C(C)(C)C1C(=O)OC(=O)C1C(C)(C)C. The third kappa shape index (κ3) is 7.32. The third-order valence-electron chi connectivity index (χ3n) is 9.21. The van der Waals surface area contributed by atoms with E-state index >= 15 is 0 Å². The Labute approximate surface area is 215 Å². The Bertz CT molecular complexity index is 776. The van der Waals surface area contributed by atoms with Crippen molar-refractivity contribution in [1.82, 2.24) is 0 Å². The number of hydrogen-bond acceptors (Lipinski definition) is 5. The predicted molar refractivity (Wildman–Crippen MR) is 141 cm³/mol. The van der Waals surface area contributed by atoms with Gasteiger partial charge in [-0.05, 0) is 59.2 Å². The van der Waals surface area contributed by atoms with E-state index in [1.807, 2.05) is 48.5 Å².